The number of nitrogens with one attached hydrogen (secondary N) is 1. The Morgan fingerprint density at radius 3 is 2.62 bits per heavy atom. The van der Waals surface area contributed by atoms with Crippen molar-refractivity contribution in [2.75, 3.05) is 6.61 Å². The molecule has 3 aliphatic rings. The normalized spacial score (nSPS) is 20.0. The molecule has 34 heavy (non-hydrogen) atoms. The highest BCUT2D eigenvalue weighted by atomic mass is 32.2. The molecular formula is C26H29N5O2S. The van der Waals surface area contributed by atoms with Gasteiger partial charge in [0.25, 0.3) is 5.91 Å². The lowest BCUT2D eigenvalue weighted by Gasteiger charge is -2.20. The van der Waals surface area contributed by atoms with Crippen molar-refractivity contribution < 1.29 is 9.53 Å². The third-order valence-corrected chi connectivity index (χ3v) is 7.67. The van der Waals surface area contributed by atoms with E-state index in [4.69, 9.17) is 15.2 Å². The summed E-state index contributed by atoms with van der Waals surface area (Å²) < 4.78 is 7.70. The van der Waals surface area contributed by atoms with Crippen molar-refractivity contribution in [3.8, 4) is 11.4 Å². The van der Waals surface area contributed by atoms with Crippen LogP contribution in [0.3, 0.4) is 0 Å². The number of hydrogen-bond acceptors (Lipinski definition) is 5. The number of carbonyl (C=O) groups excluding carboxylic acids is 1. The zero-order valence-electron chi connectivity index (χ0n) is 19.8. The Bertz CT molecular complexity index is 1230. The van der Waals surface area contributed by atoms with Crippen molar-refractivity contribution in [1.82, 2.24) is 9.58 Å². The molecule has 3 heterocycles. The van der Waals surface area contributed by atoms with Gasteiger partial charge in [-0.25, -0.2) is 0 Å². The number of hydrazone groups is 1. The predicted octanol–water partition coefficient (Wildman–Crippen LogP) is 5.69. The highest BCUT2D eigenvalue weighted by Gasteiger charge is 2.38. The van der Waals surface area contributed by atoms with Gasteiger partial charge in [-0.1, -0.05) is 19.3 Å². The number of nitrogens with zero attached hydrogens (tertiary/aromatic N) is 4. The first-order valence-electron chi connectivity index (χ1n) is 11.9. The predicted molar refractivity (Wildman–Crippen MR) is 138 cm³/mol. The molecule has 0 bridgehead atoms. The van der Waals surface area contributed by atoms with E-state index >= 15 is 0 Å². The summed E-state index contributed by atoms with van der Waals surface area (Å²) >= 11 is 1.45. The van der Waals surface area contributed by atoms with Crippen LogP contribution in [0.25, 0.3) is 11.8 Å². The number of aromatic nitrogens is 1. The van der Waals surface area contributed by atoms with Gasteiger partial charge in [-0.15, -0.1) is 0 Å². The summed E-state index contributed by atoms with van der Waals surface area (Å²) in [5, 5.41) is 16.5. The fourth-order valence-electron chi connectivity index (χ4n) is 4.87. The fraction of sp³-hybridized carbons (Fsp3) is 0.385. The Balaban J connectivity index is 1.44. The Kier molecular flexibility index (Phi) is 6.16. The van der Waals surface area contributed by atoms with E-state index < -0.39 is 0 Å². The number of aryl methyl sites for hydroxylation is 1. The SMILES string of the molecule is CCOc1ccc(-n2c(C)cc(/C=C3/C(=N)N4N=C(C5CCCCC5)SC4=NC3=O)c2C)cc1. The molecule has 0 spiro atoms. The molecule has 0 unspecified atom stereocenters. The average Bonchev–Trinajstić information content (AvgIpc) is 3.38. The average molecular weight is 476 g/mol. The first kappa shape index (κ1) is 22.7. The van der Waals surface area contributed by atoms with Crippen molar-refractivity contribution >= 4 is 39.8 Å². The zero-order valence-corrected chi connectivity index (χ0v) is 20.6. The van der Waals surface area contributed by atoms with Gasteiger partial charge in [0.15, 0.2) is 5.84 Å². The van der Waals surface area contributed by atoms with Gasteiger partial charge in [0.05, 0.1) is 12.2 Å². The van der Waals surface area contributed by atoms with Gasteiger partial charge in [-0.2, -0.15) is 15.1 Å². The fourth-order valence-corrected chi connectivity index (χ4v) is 5.93. The molecule has 1 aromatic carbocycles. The molecular weight excluding hydrogens is 446 g/mol. The second-order valence-electron chi connectivity index (χ2n) is 8.88. The molecule has 1 N–H and O–H groups in total. The molecule has 5 rings (SSSR count). The van der Waals surface area contributed by atoms with Crippen LogP contribution in [0.15, 0.2) is 46.0 Å². The van der Waals surface area contributed by atoms with Crippen LogP contribution in [0, 0.1) is 25.2 Å². The summed E-state index contributed by atoms with van der Waals surface area (Å²) in [5.74, 6) is 0.965. The highest BCUT2D eigenvalue weighted by molar-refractivity contribution is 8.27. The highest BCUT2D eigenvalue weighted by Crippen LogP contribution is 2.36. The summed E-state index contributed by atoms with van der Waals surface area (Å²) in [6.45, 7) is 6.65. The largest absolute Gasteiger partial charge is 0.494 e. The van der Waals surface area contributed by atoms with E-state index in [9.17, 15) is 4.79 Å². The Morgan fingerprint density at radius 1 is 1.18 bits per heavy atom. The second kappa shape index (κ2) is 9.25. The van der Waals surface area contributed by atoms with E-state index in [0.717, 1.165) is 46.3 Å². The van der Waals surface area contributed by atoms with Crippen LogP contribution < -0.4 is 4.74 Å². The number of benzene rings is 1. The summed E-state index contributed by atoms with van der Waals surface area (Å²) in [4.78, 5) is 17.2. The van der Waals surface area contributed by atoms with Crippen LogP contribution in [0.4, 0.5) is 0 Å². The molecule has 176 valence electrons. The van der Waals surface area contributed by atoms with E-state index in [-0.39, 0.29) is 17.3 Å². The second-order valence-corrected chi connectivity index (χ2v) is 9.87. The molecule has 1 aromatic heterocycles. The summed E-state index contributed by atoms with van der Waals surface area (Å²) in [7, 11) is 0. The van der Waals surface area contributed by atoms with Crippen molar-refractivity contribution in [2.45, 2.75) is 52.9 Å². The van der Waals surface area contributed by atoms with Crippen molar-refractivity contribution in [3.05, 3.63) is 52.9 Å². The molecule has 1 fully saturated rings. The van der Waals surface area contributed by atoms with Gasteiger partial charge in [-0.3, -0.25) is 10.2 Å². The molecule has 0 saturated heterocycles. The number of rotatable bonds is 5. The number of carbonyl (C=O) groups is 1. The standard InChI is InChI=1S/C26H29N5O2S/c1-4-33-21-12-10-20(11-13-21)30-16(2)14-19(17(30)3)15-22-23(27)31-26(28-24(22)32)34-25(29-31)18-8-6-5-7-9-18/h10-15,18,27H,4-9H2,1-3H3/b22-15-,27-23?. The topological polar surface area (TPSA) is 83.0 Å². The lowest BCUT2D eigenvalue weighted by Crippen LogP contribution is -2.35. The molecule has 1 aliphatic carbocycles. The van der Waals surface area contributed by atoms with Gasteiger partial charge in [0.2, 0.25) is 5.17 Å². The molecule has 8 heteroatoms. The molecule has 7 nitrogen and oxygen atoms in total. The maximum absolute atomic E-state index is 12.9. The van der Waals surface area contributed by atoms with Crippen LogP contribution in [-0.2, 0) is 4.79 Å². The van der Waals surface area contributed by atoms with Gasteiger partial charge in [0, 0.05) is 23.0 Å². The van der Waals surface area contributed by atoms with Gasteiger partial charge >= 0.3 is 0 Å². The van der Waals surface area contributed by atoms with Crippen LogP contribution in [0.1, 0.15) is 56.0 Å². The molecule has 2 aromatic rings. The third kappa shape index (κ3) is 4.11. The maximum atomic E-state index is 12.9. The number of fused-ring (bicyclic) bond motifs is 1. The first-order chi connectivity index (χ1) is 16.5. The van der Waals surface area contributed by atoms with E-state index in [2.05, 4.69) is 9.56 Å². The van der Waals surface area contributed by atoms with Gasteiger partial charge in [-0.05, 0) is 87.3 Å². The molecule has 2 aliphatic heterocycles. The van der Waals surface area contributed by atoms with Crippen LogP contribution in [0.2, 0.25) is 0 Å². The Labute approximate surface area is 204 Å². The third-order valence-electron chi connectivity index (χ3n) is 6.60. The number of thioether (sulfide) groups is 1. The lowest BCUT2D eigenvalue weighted by atomic mass is 9.90. The Morgan fingerprint density at radius 2 is 1.91 bits per heavy atom. The number of aliphatic imine (C=N–C) groups is 1. The minimum absolute atomic E-state index is 0.0965. The van der Waals surface area contributed by atoms with E-state index in [1.165, 1.54) is 36.0 Å². The quantitative estimate of drug-likeness (QED) is 0.563. The summed E-state index contributed by atoms with van der Waals surface area (Å²) in [6, 6.07) is 10.00. The molecule has 0 atom stereocenters. The minimum Gasteiger partial charge on any atom is -0.494 e. The molecule has 0 radical (unpaired) electrons. The summed E-state index contributed by atoms with van der Waals surface area (Å²) in [6.07, 6.45) is 7.71. The van der Waals surface area contributed by atoms with E-state index in [0.29, 0.717) is 17.7 Å². The van der Waals surface area contributed by atoms with Crippen LogP contribution in [-0.4, -0.2) is 38.1 Å². The maximum Gasteiger partial charge on any atom is 0.283 e. The van der Waals surface area contributed by atoms with Gasteiger partial charge in [0.1, 0.15) is 10.8 Å². The molecule has 1 saturated carbocycles. The number of amides is 1. The van der Waals surface area contributed by atoms with E-state index in [1.807, 2.05) is 51.1 Å². The first-order valence-corrected chi connectivity index (χ1v) is 12.7. The van der Waals surface area contributed by atoms with Crippen molar-refractivity contribution in [3.63, 3.8) is 0 Å². The monoisotopic (exact) mass is 475 g/mol. The summed E-state index contributed by atoms with van der Waals surface area (Å²) in [5.41, 5.74) is 4.21. The van der Waals surface area contributed by atoms with Crippen LogP contribution in [0.5, 0.6) is 5.75 Å². The van der Waals surface area contributed by atoms with Crippen LogP contribution >= 0.6 is 11.8 Å². The van der Waals surface area contributed by atoms with E-state index in [1.54, 1.807) is 6.08 Å². The van der Waals surface area contributed by atoms with Crippen molar-refractivity contribution in [1.29, 1.82) is 5.41 Å². The Hall–Kier alpha value is -3.13. The number of amidine groups is 2. The van der Waals surface area contributed by atoms with Gasteiger partial charge < -0.3 is 9.30 Å². The smallest absolute Gasteiger partial charge is 0.283 e. The molecule has 1 amide bonds. The van der Waals surface area contributed by atoms with Crippen molar-refractivity contribution in [2.24, 2.45) is 16.0 Å². The number of hydrogen-bond donors (Lipinski definition) is 1. The number of ether oxygens (including phenoxy) is 1. The zero-order chi connectivity index (χ0) is 23.8. The lowest BCUT2D eigenvalue weighted by molar-refractivity contribution is -0.114. The minimum atomic E-state index is -0.380.